The summed E-state index contributed by atoms with van der Waals surface area (Å²) in [7, 11) is 0. The highest BCUT2D eigenvalue weighted by atomic mass is 32.1. The van der Waals surface area contributed by atoms with Gasteiger partial charge in [-0.1, -0.05) is 30.3 Å². The molecule has 2 aromatic heterocycles. The summed E-state index contributed by atoms with van der Waals surface area (Å²) < 4.78 is 6.60. The van der Waals surface area contributed by atoms with E-state index < -0.39 is 11.5 Å². The van der Waals surface area contributed by atoms with E-state index in [9.17, 15) is 14.7 Å². The molecule has 136 valence electrons. The molecule has 0 saturated carbocycles. The largest absolute Gasteiger partial charge is 0.451 e. The number of aliphatic hydroxyl groups is 1. The molecular formula is C21H17NO4S. The molecule has 4 aromatic rings. The predicted octanol–water partition coefficient (Wildman–Crippen LogP) is 3.65. The van der Waals surface area contributed by atoms with Crippen molar-refractivity contribution < 1.29 is 14.3 Å². The maximum Gasteiger partial charge on any atom is 0.287 e. The van der Waals surface area contributed by atoms with Crippen molar-refractivity contribution in [2.24, 2.45) is 0 Å². The van der Waals surface area contributed by atoms with Crippen LogP contribution in [-0.4, -0.2) is 17.6 Å². The number of nitrogens with one attached hydrogen (secondary N) is 1. The average molecular weight is 379 g/mol. The molecule has 1 unspecified atom stereocenters. The molecule has 0 bridgehead atoms. The Morgan fingerprint density at radius 2 is 1.89 bits per heavy atom. The van der Waals surface area contributed by atoms with Crippen molar-refractivity contribution in [2.75, 3.05) is 6.54 Å². The number of hydrogen-bond donors (Lipinski definition) is 2. The van der Waals surface area contributed by atoms with Crippen LogP contribution in [0.25, 0.3) is 21.1 Å². The Bertz CT molecular complexity index is 1170. The summed E-state index contributed by atoms with van der Waals surface area (Å²) in [6.07, 6.45) is 0. The molecule has 1 atom stereocenters. The Hall–Kier alpha value is -2.96. The molecule has 2 aromatic carbocycles. The third-order valence-corrected chi connectivity index (χ3v) is 5.78. The molecule has 0 radical (unpaired) electrons. The fourth-order valence-electron chi connectivity index (χ4n) is 2.89. The van der Waals surface area contributed by atoms with Gasteiger partial charge in [-0.2, -0.15) is 0 Å². The van der Waals surface area contributed by atoms with Gasteiger partial charge in [-0.05, 0) is 36.6 Å². The lowest BCUT2D eigenvalue weighted by Crippen LogP contribution is -2.38. The van der Waals surface area contributed by atoms with Crippen molar-refractivity contribution in [2.45, 2.75) is 12.5 Å². The predicted molar refractivity (Wildman–Crippen MR) is 106 cm³/mol. The third kappa shape index (κ3) is 3.37. The molecule has 2 N–H and O–H groups in total. The second kappa shape index (κ2) is 6.64. The van der Waals surface area contributed by atoms with Gasteiger partial charge in [-0.15, -0.1) is 11.3 Å². The molecular weight excluding hydrogens is 362 g/mol. The van der Waals surface area contributed by atoms with E-state index in [1.807, 2.05) is 30.3 Å². The first kappa shape index (κ1) is 17.5. The number of benzene rings is 2. The van der Waals surface area contributed by atoms with Crippen LogP contribution in [0.1, 0.15) is 22.4 Å². The lowest BCUT2D eigenvalue weighted by molar-refractivity contribution is 0.0549. The van der Waals surface area contributed by atoms with Gasteiger partial charge in [0.25, 0.3) is 5.91 Å². The van der Waals surface area contributed by atoms with Gasteiger partial charge in [0.2, 0.25) is 0 Å². The minimum Gasteiger partial charge on any atom is -0.451 e. The topological polar surface area (TPSA) is 79.5 Å². The van der Waals surface area contributed by atoms with E-state index in [2.05, 4.69) is 5.32 Å². The number of hydrogen-bond acceptors (Lipinski definition) is 5. The van der Waals surface area contributed by atoms with E-state index >= 15 is 0 Å². The van der Waals surface area contributed by atoms with Crippen LogP contribution in [0.5, 0.6) is 0 Å². The van der Waals surface area contributed by atoms with Gasteiger partial charge < -0.3 is 14.8 Å². The van der Waals surface area contributed by atoms with Crippen LogP contribution in [0.15, 0.2) is 69.9 Å². The van der Waals surface area contributed by atoms with Crippen LogP contribution in [0.2, 0.25) is 0 Å². The summed E-state index contributed by atoms with van der Waals surface area (Å²) in [5, 5.41) is 14.9. The van der Waals surface area contributed by atoms with Crippen molar-refractivity contribution in [3.05, 3.63) is 81.5 Å². The molecule has 0 spiro atoms. The van der Waals surface area contributed by atoms with E-state index in [-0.39, 0.29) is 17.7 Å². The van der Waals surface area contributed by atoms with Gasteiger partial charge in [0.05, 0.1) is 11.9 Å². The van der Waals surface area contributed by atoms with E-state index in [1.165, 1.54) is 17.4 Å². The zero-order chi connectivity index (χ0) is 19.0. The summed E-state index contributed by atoms with van der Waals surface area (Å²) in [6.45, 7) is 1.64. The average Bonchev–Trinajstić information content (AvgIpc) is 3.11. The van der Waals surface area contributed by atoms with Crippen molar-refractivity contribution in [3.63, 3.8) is 0 Å². The second-order valence-electron chi connectivity index (χ2n) is 6.58. The zero-order valence-electron chi connectivity index (χ0n) is 14.6. The highest BCUT2D eigenvalue weighted by molar-refractivity contribution is 7.19. The molecule has 2 heterocycles. The molecule has 0 aliphatic carbocycles. The Kier molecular flexibility index (Phi) is 4.30. The quantitative estimate of drug-likeness (QED) is 0.567. The maximum absolute atomic E-state index is 12.4. The van der Waals surface area contributed by atoms with Crippen LogP contribution < -0.4 is 10.7 Å². The SMILES string of the molecule is CC(O)(CNC(=O)c1cc(=O)c2ccccc2o1)c1cc2ccccc2s1. The van der Waals surface area contributed by atoms with E-state index in [1.54, 1.807) is 31.2 Å². The summed E-state index contributed by atoms with van der Waals surface area (Å²) in [5.74, 6) is -0.620. The van der Waals surface area contributed by atoms with Crippen molar-refractivity contribution in [3.8, 4) is 0 Å². The molecule has 6 heteroatoms. The van der Waals surface area contributed by atoms with Crippen molar-refractivity contribution >= 4 is 38.3 Å². The third-order valence-electron chi connectivity index (χ3n) is 4.41. The van der Waals surface area contributed by atoms with E-state index in [4.69, 9.17) is 4.42 Å². The lowest BCUT2D eigenvalue weighted by atomic mass is 10.0. The summed E-state index contributed by atoms with van der Waals surface area (Å²) in [5.41, 5.74) is -1.17. The molecule has 0 fully saturated rings. The van der Waals surface area contributed by atoms with Crippen molar-refractivity contribution in [1.29, 1.82) is 0 Å². The highest BCUT2D eigenvalue weighted by Crippen LogP contribution is 2.32. The molecule has 0 saturated heterocycles. The first-order valence-electron chi connectivity index (χ1n) is 8.46. The van der Waals surface area contributed by atoms with Crippen LogP contribution in [-0.2, 0) is 5.60 Å². The summed E-state index contributed by atoms with van der Waals surface area (Å²) in [6, 6.07) is 17.7. The summed E-state index contributed by atoms with van der Waals surface area (Å²) >= 11 is 1.48. The van der Waals surface area contributed by atoms with Gasteiger partial charge in [-0.3, -0.25) is 9.59 Å². The van der Waals surface area contributed by atoms with Gasteiger partial charge in [-0.25, -0.2) is 0 Å². The van der Waals surface area contributed by atoms with Gasteiger partial charge in [0.15, 0.2) is 11.2 Å². The van der Waals surface area contributed by atoms with Gasteiger partial charge >= 0.3 is 0 Å². The number of amides is 1. The second-order valence-corrected chi connectivity index (χ2v) is 7.66. The number of carbonyl (C=O) groups excluding carboxylic acids is 1. The van der Waals surface area contributed by atoms with E-state index in [0.717, 1.165) is 15.0 Å². The molecule has 4 rings (SSSR count). The lowest BCUT2D eigenvalue weighted by Gasteiger charge is -2.22. The smallest absolute Gasteiger partial charge is 0.287 e. The van der Waals surface area contributed by atoms with Crippen LogP contribution in [0.4, 0.5) is 0 Å². The van der Waals surface area contributed by atoms with Crippen LogP contribution >= 0.6 is 11.3 Å². The first-order valence-corrected chi connectivity index (χ1v) is 9.28. The zero-order valence-corrected chi connectivity index (χ0v) is 15.4. The van der Waals surface area contributed by atoms with Crippen LogP contribution in [0.3, 0.4) is 0 Å². The molecule has 0 aliphatic rings. The van der Waals surface area contributed by atoms with Crippen LogP contribution in [0, 0.1) is 0 Å². The Morgan fingerprint density at radius 1 is 1.15 bits per heavy atom. The normalized spacial score (nSPS) is 13.6. The number of rotatable bonds is 4. The molecule has 1 amide bonds. The molecule has 5 nitrogen and oxygen atoms in total. The Balaban J connectivity index is 1.55. The first-order chi connectivity index (χ1) is 12.9. The fourth-order valence-corrected chi connectivity index (χ4v) is 4.00. The number of carbonyl (C=O) groups is 1. The number of fused-ring (bicyclic) bond motifs is 2. The van der Waals surface area contributed by atoms with Crippen molar-refractivity contribution in [1.82, 2.24) is 5.32 Å². The van der Waals surface area contributed by atoms with Gasteiger partial charge in [0.1, 0.15) is 11.2 Å². The minimum absolute atomic E-state index is 0.00477. The summed E-state index contributed by atoms with van der Waals surface area (Å²) in [4.78, 5) is 25.3. The molecule has 0 aliphatic heterocycles. The Morgan fingerprint density at radius 3 is 2.70 bits per heavy atom. The minimum atomic E-state index is -1.24. The molecule has 27 heavy (non-hydrogen) atoms. The number of para-hydroxylation sites is 1. The van der Waals surface area contributed by atoms with Gasteiger partial charge in [0, 0.05) is 15.6 Å². The Labute approximate surface area is 158 Å². The number of thiophene rings is 1. The van der Waals surface area contributed by atoms with E-state index in [0.29, 0.717) is 11.0 Å². The maximum atomic E-state index is 12.4. The monoisotopic (exact) mass is 379 g/mol. The highest BCUT2D eigenvalue weighted by Gasteiger charge is 2.27. The fraction of sp³-hybridized carbons (Fsp3) is 0.143. The standard InChI is InChI=1S/C21H17NO4S/c1-21(25,19-10-13-6-2-5-9-18(13)27-19)12-22-20(24)17-11-15(23)14-7-3-4-8-16(14)26-17/h2-11,25H,12H2,1H3,(H,22,24).